The Morgan fingerprint density at radius 2 is 2.24 bits per heavy atom. The summed E-state index contributed by atoms with van der Waals surface area (Å²) in [6, 6.07) is 9.68. The minimum Gasteiger partial charge on any atom is -0.497 e. The van der Waals surface area contributed by atoms with Crippen molar-refractivity contribution in [3.8, 4) is 5.75 Å². The number of nitrogens with zero attached hydrogens (tertiary/aromatic N) is 3. The van der Waals surface area contributed by atoms with Crippen LogP contribution in [0.3, 0.4) is 0 Å². The molecule has 0 bridgehead atoms. The van der Waals surface area contributed by atoms with Crippen LogP contribution in [0.2, 0.25) is 0 Å². The summed E-state index contributed by atoms with van der Waals surface area (Å²) in [6.45, 7) is 0.860. The molecule has 0 spiro atoms. The second kappa shape index (κ2) is 8.48. The first-order valence-electron chi connectivity index (χ1n) is 9.43. The first kappa shape index (κ1) is 19.2. The molecule has 3 heterocycles. The van der Waals surface area contributed by atoms with Gasteiger partial charge in [-0.2, -0.15) is 16.4 Å². The van der Waals surface area contributed by atoms with Gasteiger partial charge in [-0.3, -0.25) is 14.3 Å². The Bertz CT molecular complexity index is 999. The number of benzene rings is 1. The van der Waals surface area contributed by atoms with E-state index < -0.39 is 0 Å². The molecule has 1 aliphatic rings. The molecule has 7 nitrogen and oxygen atoms in total. The van der Waals surface area contributed by atoms with Gasteiger partial charge in [0, 0.05) is 18.1 Å². The first-order valence-corrected chi connectivity index (χ1v) is 10.4. The highest BCUT2D eigenvalue weighted by molar-refractivity contribution is 7.08. The monoisotopic (exact) mass is 410 g/mol. The van der Waals surface area contributed by atoms with E-state index in [-0.39, 0.29) is 24.4 Å². The number of hydrogen-bond donors (Lipinski definition) is 1. The second-order valence-electron chi connectivity index (χ2n) is 6.91. The van der Waals surface area contributed by atoms with Gasteiger partial charge in [0.15, 0.2) is 0 Å². The molecule has 4 rings (SSSR count). The van der Waals surface area contributed by atoms with E-state index in [1.165, 1.54) is 11.3 Å². The van der Waals surface area contributed by atoms with Crippen molar-refractivity contribution in [1.82, 2.24) is 14.7 Å². The molecule has 0 radical (unpaired) electrons. The summed E-state index contributed by atoms with van der Waals surface area (Å²) in [6.07, 6.45) is 5.13. The third-order valence-corrected chi connectivity index (χ3v) is 5.71. The van der Waals surface area contributed by atoms with Gasteiger partial charge in [-0.05, 0) is 42.0 Å². The molecule has 2 amide bonds. The lowest BCUT2D eigenvalue weighted by atomic mass is 10.0. The Balaban J connectivity index is 1.41. The van der Waals surface area contributed by atoms with E-state index in [0.717, 1.165) is 30.7 Å². The fourth-order valence-corrected chi connectivity index (χ4v) is 4.24. The fourth-order valence-electron chi connectivity index (χ4n) is 3.60. The van der Waals surface area contributed by atoms with Gasteiger partial charge in [-0.15, -0.1) is 0 Å². The van der Waals surface area contributed by atoms with Crippen molar-refractivity contribution >= 4 is 28.8 Å². The molecule has 1 atom stereocenters. The number of carbonyl (C=O) groups is 2. The normalized spacial score (nSPS) is 16.0. The number of thiophene rings is 1. The van der Waals surface area contributed by atoms with Gasteiger partial charge in [0.2, 0.25) is 5.91 Å². The number of likely N-dealkylation sites (tertiary alicyclic amines) is 1. The minimum absolute atomic E-state index is 0.00845. The summed E-state index contributed by atoms with van der Waals surface area (Å²) >= 11 is 1.47. The summed E-state index contributed by atoms with van der Waals surface area (Å²) in [4.78, 5) is 27.0. The largest absolute Gasteiger partial charge is 0.497 e. The molecular formula is C21H22N4O3S. The van der Waals surface area contributed by atoms with E-state index in [0.29, 0.717) is 11.3 Å². The van der Waals surface area contributed by atoms with Crippen LogP contribution >= 0.6 is 11.3 Å². The van der Waals surface area contributed by atoms with Gasteiger partial charge >= 0.3 is 0 Å². The zero-order valence-corrected chi connectivity index (χ0v) is 16.9. The highest BCUT2D eigenvalue weighted by Gasteiger charge is 2.30. The highest BCUT2D eigenvalue weighted by atomic mass is 32.1. The van der Waals surface area contributed by atoms with E-state index >= 15 is 0 Å². The van der Waals surface area contributed by atoms with Crippen LogP contribution in [0.4, 0.5) is 5.69 Å². The van der Waals surface area contributed by atoms with Crippen LogP contribution in [0.25, 0.3) is 0 Å². The van der Waals surface area contributed by atoms with Crippen LogP contribution in [0.5, 0.6) is 5.75 Å². The molecule has 1 N–H and O–H groups in total. The van der Waals surface area contributed by atoms with Gasteiger partial charge in [0.1, 0.15) is 12.3 Å². The molecule has 0 saturated carbocycles. The van der Waals surface area contributed by atoms with E-state index in [1.54, 1.807) is 35.6 Å². The van der Waals surface area contributed by atoms with Gasteiger partial charge in [-0.25, -0.2) is 0 Å². The maximum Gasteiger partial charge on any atom is 0.256 e. The van der Waals surface area contributed by atoms with Gasteiger partial charge in [0.25, 0.3) is 5.91 Å². The quantitative estimate of drug-likeness (QED) is 0.674. The van der Waals surface area contributed by atoms with Crippen molar-refractivity contribution in [3.05, 3.63) is 64.6 Å². The van der Waals surface area contributed by atoms with Gasteiger partial charge in [0.05, 0.1) is 30.6 Å². The van der Waals surface area contributed by atoms with Gasteiger partial charge in [-0.1, -0.05) is 12.1 Å². The molecule has 29 heavy (non-hydrogen) atoms. The predicted molar refractivity (Wildman–Crippen MR) is 111 cm³/mol. The minimum atomic E-state index is -0.185. The standard InChI is InChI=1S/C21H22N4O3S/c1-28-18-5-2-4-15(10-18)19-6-3-8-25(19)20(26)13-24-12-17(11-22-24)23-21(27)16-7-9-29-14-16/h2,4-5,7,9-12,14,19H,3,6,8,13H2,1H3,(H,23,27). The molecule has 2 aromatic heterocycles. The number of hydrogen-bond acceptors (Lipinski definition) is 5. The number of methoxy groups -OCH3 is 1. The van der Waals surface area contributed by atoms with Crippen molar-refractivity contribution in [2.24, 2.45) is 0 Å². The second-order valence-corrected chi connectivity index (χ2v) is 7.69. The average molecular weight is 410 g/mol. The molecule has 1 unspecified atom stereocenters. The van der Waals surface area contributed by atoms with E-state index in [2.05, 4.69) is 10.4 Å². The lowest BCUT2D eigenvalue weighted by Crippen LogP contribution is -2.33. The summed E-state index contributed by atoms with van der Waals surface area (Å²) in [5, 5.41) is 10.7. The molecule has 1 fully saturated rings. The third kappa shape index (κ3) is 4.32. The zero-order chi connectivity index (χ0) is 20.2. The van der Waals surface area contributed by atoms with E-state index in [4.69, 9.17) is 4.74 Å². The molecule has 1 aliphatic heterocycles. The fraction of sp³-hybridized carbons (Fsp3) is 0.286. The summed E-state index contributed by atoms with van der Waals surface area (Å²) in [5.74, 6) is 0.615. The summed E-state index contributed by atoms with van der Waals surface area (Å²) in [7, 11) is 1.64. The summed E-state index contributed by atoms with van der Waals surface area (Å²) < 4.78 is 6.88. The van der Waals surface area contributed by atoms with Gasteiger partial charge < -0.3 is 15.0 Å². The topological polar surface area (TPSA) is 76.5 Å². The van der Waals surface area contributed by atoms with Crippen LogP contribution < -0.4 is 10.1 Å². The number of anilines is 1. The number of nitrogens with one attached hydrogen (secondary N) is 1. The maximum atomic E-state index is 12.9. The zero-order valence-electron chi connectivity index (χ0n) is 16.1. The molecule has 150 valence electrons. The van der Waals surface area contributed by atoms with Crippen LogP contribution in [0.15, 0.2) is 53.5 Å². The maximum absolute atomic E-state index is 12.9. The third-order valence-electron chi connectivity index (χ3n) is 5.02. The summed E-state index contributed by atoms with van der Waals surface area (Å²) in [5.41, 5.74) is 2.26. The van der Waals surface area contributed by atoms with Crippen molar-refractivity contribution < 1.29 is 14.3 Å². The number of ether oxygens (including phenoxy) is 1. The van der Waals surface area contributed by atoms with Crippen LogP contribution in [0.1, 0.15) is 34.8 Å². The number of amides is 2. The lowest BCUT2D eigenvalue weighted by molar-refractivity contribution is -0.133. The first-order chi connectivity index (χ1) is 14.1. The number of carbonyl (C=O) groups excluding carboxylic acids is 2. The number of rotatable bonds is 6. The number of aromatic nitrogens is 2. The van der Waals surface area contributed by atoms with Crippen LogP contribution in [0, 0.1) is 0 Å². The van der Waals surface area contributed by atoms with Crippen molar-refractivity contribution in [2.75, 3.05) is 19.0 Å². The molecule has 0 aliphatic carbocycles. The van der Waals surface area contributed by atoms with Crippen molar-refractivity contribution in [3.63, 3.8) is 0 Å². The van der Waals surface area contributed by atoms with Crippen LogP contribution in [-0.4, -0.2) is 40.1 Å². The Labute approximate surface area is 172 Å². The molecule has 1 aromatic carbocycles. The SMILES string of the molecule is COc1cccc(C2CCCN2C(=O)Cn2cc(NC(=O)c3ccsc3)cn2)c1. The Morgan fingerprint density at radius 3 is 3.03 bits per heavy atom. The molecule has 8 heteroatoms. The van der Waals surface area contributed by atoms with Crippen molar-refractivity contribution in [2.45, 2.75) is 25.4 Å². The Kier molecular flexibility index (Phi) is 5.62. The average Bonchev–Trinajstić information content (AvgIpc) is 3.49. The van der Waals surface area contributed by atoms with Crippen molar-refractivity contribution in [1.29, 1.82) is 0 Å². The smallest absolute Gasteiger partial charge is 0.256 e. The lowest BCUT2D eigenvalue weighted by Gasteiger charge is -2.25. The van der Waals surface area contributed by atoms with Crippen LogP contribution in [-0.2, 0) is 11.3 Å². The molecule has 1 saturated heterocycles. The molecular weight excluding hydrogens is 388 g/mol. The Morgan fingerprint density at radius 1 is 1.34 bits per heavy atom. The molecule has 3 aromatic rings. The Hall–Kier alpha value is -3.13. The highest BCUT2D eigenvalue weighted by Crippen LogP contribution is 2.33. The van der Waals surface area contributed by atoms with E-state index in [9.17, 15) is 9.59 Å². The van der Waals surface area contributed by atoms with E-state index in [1.807, 2.05) is 34.5 Å². The predicted octanol–water partition coefficient (Wildman–Crippen LogP) is 3.57.